The van der Waals surface area contributed by atoms with E-state index < -0.39 is 11.7 Å². The minimum absolute atomic E-state index is 0. The lowest BCUT2D eigenvalue weighted by Crippen LogP contribution is -2.44. The first-order chi connectivity index (χ1) is 13.2. The van der Waals surface area contributed by atoms with Crippen LogP contribution in [0.1, 0.15) is 39.7 Å². The van der Waals surface area contributed by atoms with Gasteiger partial charge in [0.15, 0.2) is 17.5 Å². The lowest BCUT2D eigenvalue weighted by atomic mass is 10.2. The topological polar surface area (TPSA) is 95.4 Å². The minimum atomic E-state index is -0.511. The predicted octanol–water partition coefficient (Wildman–Crippen LogP) is 3.08. The van der Waals surface area contributed by atoms with Gasteiger partial charge in [-0.3, -0.25) is 0 Å². The van der Waals surface area contributed by atoms with Crippen molar-refractivity contribution in [2.75, 3.05) is 26.7 Å². The second-order valence-corrected chi connectivity index (χ2v) is 7.75. The zero-order valence-corrected chi connectivity index (χ0v) is 20.1. The molecule has 164 valence electrons. The van der Waals surface area contributed by atoms with E-state index in [2.05, 4.69) is 20.5 Å². The summed E-state index contributed by atoms with van der Waals surface area (Å²) < 4.78 is 10.4. The van der Waals surface area contributed by atoms with Gasteiger partial charge in [-0.25, -0.2) is 9.79 Å². The predicted molar refractivity (Wildman–Crippen MR) is 124 cm³/mol. The van der Waals surface area contributed by atoms with E-state index >= 15 is 0 Å². The summed E-state index contributed by atoms with van der Waals surface area (Å²) in [6.07, 6.45) is 0.433. The zero-order chi connectivity index (χ0) is 20.7. The number of benzene rings is 1. The van der Waals surface area contributed by atoms with Crippen LogP contribution in [0.25, 0.3) is 0 Å². The first-order valence-corrected chi connectivity index (χ1v) is 9.60. The van der Waals surface area contributed by atoms with E-state index in [9.17, 15) is 9.90 Å². The highest BCUT2D eigenvalue weighted by Crippen LogP contribution is 2.26. The lowest BCUT2D eigenvalue weighted by molar-refractivity contribution is 0.0507. The van der Waals surface area contributed by atoms with Crippen molar-refractivity contribution < 1.29 is 19.4 Å². The molecule has 0 saturated carbocycles. The average Bonchev–Trinajstić information content (AvgIpc) is 3.05. The van der Waals surface area contributed by atoms with Crippen LogP contribution in [0.15, 0.2) is 23.2 Å². The molecule has 1 saturated heterocycles. The third kappa shape index (κ3) is 8.15. The Morgan fingerprint density at radius 3 is 2.69 bits per heavy atom. The van der Waals surface area contributed by atoms with Crippen LogP contribution in [-0.2, 0) is 11.3 Å². The molecule has 1 aliphatic rings. The maximum atomic E-state index is 12.0. The Kier molecular flexibility index (Phi) is 9.81. The zero-order valence-electron chi connectivity index (χ0n) is 17.8. The number of rotatable bonds is 5. The van der Waals surface area contributed by atoms with Gasteiger partial charge < -0.3 is 30.1 Å². The molecule has 1 aliphatic heterocycles. The molecule has 1 atom stereocenters. The van der Waals surface area contributed by atoms with Gasteiger partial charge in [-0.05, 0) is 51.8 Å². The van der Waals surface area contributed by atoms with Crippen molar-refractivity contribution in [3.63, 3.8) is 0 Å². The van der Waals surface area contributed by atoms with Crippen molar-refractivity contribution in [3.05, 3.63) is 23.8 Å². The van der Waals surface area contributed by atoms with Gasteiger partial charge in [0.25, 0.3) is 0 Å². The van der Waals surface area contributed by atoms with E-state index in [1.807, 2.05) is 33.8 Å². The number of nitrogens with zero attached hydrogens (tertiary/aromatic N) is 2. The molecule has 0 aliphatic carbocycles. The molecule has 0 aromatic heterocycles. The molecule has 9 heteroatoms. The number of alkyl carbamates (subject to hydrolysis) is 1. The van der Waals surface area contributed by atoms with Gasteiger partial charge in [0.2, 0.25) is 0 Å². The highest BCUT2D eigenvalue weighted by molar-refractivity contribution is 14.0. The van der Waals surface area contributed by atoms with E-state index in [-0.39, 0.29) is 35.8 Å². The van der Waals surface area contributed by atoms with Crippen LogP contribution < -0.4 is 15.4 Å². The first-order valence-electron chi connectivity index (χ1n) is 9.60. The summed E-state index contributed by atoms with van der Waals surface area (Å²) in [6.45, 7) is 10.2. The summed E-state index contributed by atoms with van der Waals surface area (Å²) in [5.74, 6) is 1.32. The molecule has 1 amide bonds. The van der Waals surface area contributed by atoms with E-state index in [1.54, 1.807) is 12.1 Å². The van der Waals surface area contributed by atoms with Crippen LogP contribution in [0.4, 0.5) is 4.79 Å². The fourth-order valence-electron chi connectivity index (χ4n) is 2.97. The van der Waals surface area contributed by atoms with Gasteiger partial charge in [-0.1, -0.05) is 6.07 Å². The monoisotopic (exact) mass is 520 g/mol. The van der Waals surface area contributed by atoms with Gasteiger partial charge in [0.1, 0.15) is 5.60 Å². The van der Waals surface area contributed by atoms with Crippen LogP contribution in [0.2, 0.25) is 0 Å². The van der Waals surface area contributed by atoms with Crippen molar-refractivity contribution in [1.82, 2.24) is 15.5 Å². The summed E-state index contributed by atoms with van der Waals surface area (Å²) in [4.78, 5) is 18.8. The number of phenols is 1. The second-order valence-electron chi connectivity index (χ2n) is 7.75. The summed E-state index contributed by atoms with van der Waals surface area (Å²) in [5.41, 5.74) is 0.374. The Labute approximate surface area is 190 Å². The van der Waals surface area contributed by atoms with Crippen molar-refractivity contribution >= 4 is 36.0 Å². The van der Waals surface area contributed by atoms with Crippen molar-refractivity contribution in [3.8, 4) is 11.5 Å². The summed E-state index contributed by atoms with van der Waals surface area (Å²) >= 11 is 0. The second kappa shape index (κ2) is 11.3. The quantitative estimate of drug-likeness (QED) is 0.314. The van der Waals surface area contributed by atoms with Crippen LogP contribution in [0, 0.1) is 0 Å². The van der Waals surface area contributed by atoms with Crippen LogP contribution in [0.3, 0.4) is 0 Å². The Bertz CT molecular complexity index is 706. The van der Waals surface area contributed by atoms with E-state index in [0.717, 1.165) is 31.0 Å². The number of methoxy groups -OCH3 is 1. The van der Waals surface area contributed by atoms with Gasteiger partial charge in [0.05, 0.1) is 19.7 Å². The molecule has 1 aromatic carbocycles. The SMILES string of the molecule is CCNC(=NCc1ccc(OC)c(O)c1)N1CCC(NC(=O)OC(C)(C)C)C1.I. The van der Waals surface area contributed by atoms with Crippen LogP contribution >= 0.6 is 24.0 Å². The van der Waals surface area contributed by atoms with E-state index in [1.165, 1.54) is 7.11 Å². The fourth-order valence-corrected chi connectivity index (χ4v) is 2.97. The van der Waals surface area contributed by atoms with Crippen LogP contribution in [-0.4, -0.2) is 60.4 Å². The number of hydrogen-bond acceptors (Lipinski definition) is 5. The number of hydrogen-bond donors (Lipinski definition) is 3. The molecular formula is C20H33IN4O4. The molecule has 0 spiro atoms. The number of aliphatic imine (C=N–C) groups is 1. The Morgan fingerprint density at radius 1 is 1.38 bits per heavy atom. The van der Waals surface area contributed by atoms with Gasteiger partial charge in [-0.15, -0.1) is 24.0 Å². The molecular weight excluding hydrogens is 487 g/mol. The molecule has 1 heterocycles. The molecule has 8 nitrogen and oxygen atoms in total. The van der Waals surface area contributed by atoms with E-state index in [0.29, 0.717) is 18.8 Å². The normalized spacial score (nSPS) is 16.8. The maximum Gasteiger partial charge on any atom is 0.407 e. The number of ether oxygens (including phenoxy) is 2. The van der Waals surface area contributed by atoms with Gasteiger partial charge in [0, 0.05) is 19.6 Å². The number of nitrogens with one attached hydrogen (secondary N) is 2. The molecule has 0 bridgehead atoms. The molecule has 29 heavy (non-hydrogen) atoms. The standard InChI is InChI=1S/C20H32N4O4.HI/c1-6-21-18(22-12-14-7-8-17(27-5)16(25)11-14)24-10-9-15(13-24)23-19(26)28-20(2,3)4;/h7-8,11,15,25H,6,9-10,12-13H2,1-5H3,(H,21,22)(H,23,26);1H. The number of amides is 1. The van der Waals surface area contributed by atoms with Crippen molar-refractivity contribution in [2.45, 2.75) is 52.3 Å². The molecule has 2 rings (SSSR count). The highest BCUT2D eigenvalue weighted by Gasteiger charge is 2.27. The largest absolute Gasteiger partial charge is 0.504 e. The average molecular weight is 520 g/mol. The summed E-state index contributed by atoms with van der Waals surface area (Å²) in [5, 5.41) is 16.1. The van der Waals surface area contributed by atoms with Gasteiger partial charge >= 0.3 is 6.09 Å². The van der Waals surface area contributed by atoms with Crippen molar-refractivity contribution in [1.29, 1.82) is 0 Å². The third-order valence-corrected chi connectivity index (χ3v) is 4.20. The van der Waals surface area contributed by atoms with E-state index in [4.69, 9.17) is 9.47 Å². The lowest BCUT2D eigenvalue weighted by Gasteiger charge is -2.23. The van der Waals surface area contributed by atoms with Gasteiger partial charge in [-0.2, -0.15) is 0 Å². The number of phenolic OH excluding ortho intramolecular Hbond substituents is 1. The Balaban J connectivity index is 0.00000420. The summed E-state index contributed by atoms with van der Waals surface area (Å²) in [6, 6.07) is 5.28. The number of guanidine groups is 1. The maximum absolute atomic E-state index is 12.0. The smallest absolute Gasteiger partial charge is 0.407 e. The first kappa shape index (κ1) is 25.1. The molecule has 1 fully saturated rings. The Hall–Kier alpha value is -1.91. The fraction of sp³-hybridized carbons (Fsp3) is 0.600. The molecule has 3 N–H and O–H groups in total. The third-order valence-electron chi connectivity index (χ3n) is 4.20. The number of likely N-dealkylation sites (tertiary alicyclic amines) is 1. The Morgan fingerprint density at radius 2 is 2.10 bits per heavy atom. The number of halogens is 1. The number of carbonyl (C=O) groups is 1. The molecule has 1 unspecified atom stereocenters. The number of aromatic hydroxyl groups is 1. The number of carbonyl (C=O) groups excluding carboxylic acids is 1. The summed E-state index contributed by atoms with van der Waals surface area (Å²) in [7, 11) is 1.52. The minimum Gasteiger partial charge on any atom is -0.504 e. The van der Waals surface area contributed by atoms with Crippen molar-refractivity contribution in [2.24, 2.45) is 4.99 Å². The highest BCUT2D eigenvalue weighted by atomic mass is 127. The molecule has 1 aromatic rings. The molecule has 0 radical (unpaired) electrons. The van der Waals surface area contributed by atoms with Crippen LogP contribution in [0.5, 0.6) is 11.5 Å².